The maximum atomic E-state index is 11.1. The summed E-state index contributed by atoms with van der Waals surface area (Å²) in [7, 11) is 5.73. The summed E-state index contributed by atoms with van der Waals surface area (Å²) in [5.74, 6) is -0.0961. The van der Waals surface area contributed by atoms with Crippen LogP contribution in [0.25, 0.3) is 0 Å². The summed E-state index contributed by atoms with van der Waals surface area (Å²) in [6, 6.07) is 1.85. The summed E-state index contributed by atoms with van der Waals surface area (Å²) in [6.45, 7) is 1.68. The van der Waals surface area contributed by atoms with Gasteiger partial charge in [0, 0.05) is 13.6 Å². The molecule has 0 heterocycles. The predicted molar refractivity (Wildman–Crippen MR) is 51.0 cm³/mol. The minimum Gasteiger partial charge on any atom is -0.345 e. The van der Waals surface area contributed by atoms with Crippen LogP contribution in [0.2, 0.25) is 0 Å². The van der Waals surface area contributed by atoms with Gasteiger partial charge in [-0.2, -0.15) is 5.26 Å². The number of carbonyl (C=O) groups excluding carboxylic acids is 1. The van der Waals surface area contributed by atoms with E-state index in [1.54, 1.807) is 11.9 Å². The standard InChI is InChI=1S/C9H17N3O/c1-11(2)7-4-8-12(3)9(13)5-6-10/h4-5,7-8H2,1-3H3. The highest BCUT2D eigenvalue weighted by atomic mass is 16.2. The van der Waals surface area contributed by atoms with Crippen molar-refractivity contribution in [1.82, 2.24) is 9.80 Å². The zero-order chi connectivity index (χ0) is 10.3. The van der Waals surface area contributed by atoms with Crippen molar-refractivity contribution in [3.05, 3.63) is 0 Å². The second kappa shape index (κ2) is 6.44. The van der Waals surface area contributed by atoms with E-state index in [-0.39, 0.29) is 12.3 Å². The van der Waals surface area contributed by atoms with Crippen molar-refractivity contribution < 1.29 is 4.79 Å². The molecule has 4 nitrogen and oxygen atoms in total. The van der Waals surface area contributed by atoms with Crippen LogP contribution < -0.4 is 0 Å². The third-order valence-electron chi connectivity index (χ3n) is 1.75. The van der Waals surface area contributed by atoms with E-state index >= 15 is 0 Å². The number of amides is 1. The van der Waals surface area contributed by atoms with E-state index in [0.717, 1.165) is 19.5 Å². The molecule has 0 spiro atoms. The lowest BCUT2D eigenvalue weighted by molar-refractivity contribution is -0.128. The van der Waals surface area contributed by atoms with Gasteiger partial charge in [0.1, 0.15) is 6.42 Å². The molecule has 0 N–H and O–H groups in total. The highest BCUT2D eigenvalue weighted by Gasteiger charge is 2.06. The Kier molecular flexibility index (Phi) is 5.90. The molecule has 0 radical (unpaired) electrons. The minimum absolute atomic E-state index is 0.0154. The maximum absolute atomic E-state index is 11.1. The smallest absolute Gasteiger partial charge is 0.236 e. The lowest BCUT2D eigenvalue weighted by Gasteiger charge is -2.17. The van der Waals surface area contributed by atoms with Crippen molar-refractivity contribution in [2.45, 2.75) is 12.8 Å². The Hall–Kier alpha value is -1.08. The average molecular weight is 183 g/mol. The van der Waals surface area contributed by atoms with Crippen molar-refractivity contribution in [3.63, 3.8) is 0 Å². The lowest BCUT2D eigenvalue weighted by Crippen LogP contribution is -2.29. The van der Waals surface area contributed by atoms with Crippen LogP contribution in [0.5, 0.6) is 0 Å². The fourth-order valence-electron chi connectivity index (χ4n) is 0.951. The number of nitriles is 1. The first-order chi connectivity index (χ1) is 6.07. The Labute approximate surface area is 79.7 Å². The zero-order valence-corrected chi connectivity index (χ0v) is 8.58. The minimum atomic E-state index is -0.0961. The van der Waals surface area contributed by atoms with Crippen LogP contribution in [0.15, 0.2) is 0 Å². The van der Waals surface area contributed by atoms with E-state index < -0.39 is 0 Å². The SMILES string of the molecule is CN(C)CCCN(C)C(=O)CC#N. The van der Waals surface area contributed by atoms with E-state index in [1.165, 1.54) is 0 Å². The van der Waals surface area contributed by atoms with Crippen LogP contribution in [0.3, 0.4) is 0 Å². The molecule has 0 bridgehead atoms. The molecule has 1 amide bonds. The number of hydrogen-bond donors (Lipinski definition) is 0. The molecule has 0 aromatic rings. The van der Waals surface area contributed by atoms with Crippen LogP contribution in [-0.2, 0) is 4.79 Å². The van der Waals surface area contributed by atoms with Gasteiger partial charge in [-0.1, -0.05) is 0 Å². The van der Waals surface area contributed by atoms with Crippen molar-refractivity contribution in [3.8, 4) is 6.07 Å². The third-order valence-corrected chi connectivity index (χ3v) is 1.75. The summed E-state index contributed by atoms with van der Waals surface area (Å²) in [6.07, 6.45) is 0.930. The summed E-state index contributed by atoms with van der Waals surface area (Å²) < 4.78 is 0. The first-order valence-electron chi connectivity index (χ1n) is 4.33. The van der Waals surface area contributed by atoms with Crippen molar-refractivity contribution in [2.75, 3.05) is 34.2 Å². The number of nitrogens with zero attached hydrogens (tertiary/aromatic N) is 3. The van der Waals surface area contributed by atoms with Crippen molar-refractivity contribution in [1.29, 1.82) is 5.26 Å². The van der Waals surface area contributed by atoms with Gasteiger partial charge >= 0.3 is 0 Å². The van der Waals surface area contributed by atoms with E-state index in [0.29, 0.717) is 0 Å². The molecule has 0 aliphatic heterocycles. The molecular formula is C9H17N3O. The van der Waals surface area contributed by atoms with Crippen LogP contribution >= 0.6 is 0 Å². The highest BCUT2D eigenvalue weighted by Crippen LogP contribution is 1.92. The molecule has 13 heavy (non-hydrogen) atoms. The molecular weight excluding hydrogens is 166 g/mol. The van der Waals surface area contributed by atoms with Gasteiger partial charge < -0.3 is 9.80 Å². The number of carbonyl (C=O) groups is 1. The van der Waals surface area contributed by atoms with Crippen molar-refractivity contribution in [2.24, 2.45) is 0 Å². The summed E-state index contributed by atoms with van der Waals surface area (Å²) in [5.41, 5.74) is 0. The Morgan fingerprint density at radius 2 is 1.92 bits per heavy atom. The van der Waals surface area contributed by atoms with Gasteiger partial charge in [0.2, 0.25) is 5.91 Å². The Balaban J connectivity index is 3.57. The molecule has 0 saturated heterocycles. The number of hydrogen-bond acceptors (Lipinski definition) is 3. The molecule has 74 valence electrons. The molecule has 0 unspecified atom stereocenters. The molecule has 0 aromatic carbocycles. The van der Waals surface area contributed by atoms with Gasteiger partial charge in [-0.15, -0.1) is 0 Å². The van der Waals surface area contributed by atoms with Crippen LogP contribution in [-0.4, -0.2) is 49.9 Å². The van der Waals surface area contributed by atoms with Crippen LogP contribution in [0.1, 0.15) is 12.8 Å². The van der Waals surface area contributed by atoms with Gasteiger partial charge in [0.15, 0.2) is 0 Å². The lowest BCUT2D eigenvalue weighted by atomic mass is 10.3. The topological polar surface area (TPSA) is 47.3 Å². The molecule has 0 fully saturated rings. The average Bonchev–Trinajstić information content (AvgIpc) is 2.04. The summed E-state index contributed by atoms with van der Waals surface area (Å²) >= 11 is 0. The summed E-state index contributed by atoms with van der Waals surface area (Å²) in [5, 5.41) is 8.29. The summed E-state index contributed by atoms with van der Waals surface area (Å²) in [4.78, 5) is 14.8. The quantitative estimate of drug-likeness (QED) is 0.616. The van der Waals surface area contributed by atoms with Gasteiger partial charge in [-0.05, 0) is 27.1 Å². The van der Waals surface area contributed by atoms with Gasteiger partial charge in [-0.3, -0.25) is 4.79 Å². The first kappa shape index (κ1) is 11.9. The Bertz CT molecular complexity index is 196. The van der Waals surface area contributed by atoms with Crippen molar-refractivity contribution >= 4 is 5.91 Å². The fraction of sp³-hybridized carbons (Fsp3) is 0.778. The number of rotatable bonds is 5. The molecule has 4 heteroatoms. The van der Waals surface area contributed by atoms with Crippen LogP contribution in [0.4, 0.5) is 0 Å². The monoisotopic (exact) mass is 183 g/mol. The molecule has 0 aromatic heterocycles. The molecule has 0 saturated carbocycles. The second-order valence-corrected chi connectivity index (χ2v) is 3.31. The molecule has 0 aliphatic rings. The van der Waals surface area contributed by atoms with E-state index in [4.69, 9.17) is 5.26 Å². The van der Waals surface area contributed by atoms with Crippen LogP contribution in [0, 0.1) is 11.3 Å². The van der Waals surface area contributed by atoms with E-state index in [2.05, 4.69) is 4.90 Å². The molecule has 0 aliphatic carbocycles. The zero-order valence-electron chi connectivity index (χ0n) is 8.58. The van der Waals surface area contributed by atoms with Gasteiger partial charge in [0.25, 0.3) is 0 Å². The second-order valence-electron chi connectivity index (χ2n) is 3.31. The van der Waals surface area contributed by atoms with Gasteiger partial charge in [-0.25, -0.2) is 0 Å². The van der Waals surface area contributed by atoms with E-state index in [9.17, 15) is 4.79 Å². The molecule has 0 rings (SSSR count). The predicted octanol–water partition coefficient (Wildman–Crippen LogP) is 0.310. The Morgan fingerprint density at radius 1 is 1.31 bits per heavy atom. The van der Waals surface area contributed by atoms with E-state index in [1.807, 2.05) is 20.2 Å². The maximum Gasteiger partial charge on any atom is 0.236 e. The Morgan fingerprint density at radius 3 is 2.38 bits per heavy atom. The molecule has 0 atom stereocenters. The fourth-order valence-corrected chi connectivity index (χ4v) is 0.951. The largest absolute Gasteiger partial charge is 0.345 e. The first-order valence-corrected chi connectivity index (χ1v) is 4.33. The normalized spacial score (nSPS) is 9.77. The third kappa shape index (κ3) is 6.12. The highest BCUT2D eigenvalue weighted by molar-refractivity contribution is 5.77. The van der Waals surface area contributed by atoms with Gasteiger partial charge in [0.05, 0.1) is 6.07 Å².